The van der Waals surface area contributed by atoms with Gasteiger partial charge in [0.05, 0.1) is 38.6 Å². The van der Waals surface area contributed by atoms with E-state index >= 15 is 0 Å². The summed E-state index contributed by atoms with van der Waals surface area (Å²) in [7, 11) is 0. The molecule has 17 aromatic rings. The van der Waals surface area contributed by atoms with Gasteiger partial charge in [0, 0.05) is 82.5 Å². The molecule has 2 aliphatic rings. The highest BCUT2D eigenvalue weighted by atomic mass is 16.3. The van der Waals surface area contributed by atoms with Crippen LogP contribution in [-0.2, 0) is 6.42 Å². The first-order valence-electron chi connectivity index (χ1n) is 31.2. The van der Waals surface area contributed by atoms with Crippen molar-refractivity contribution in [2.24, 2.45) is 0 Å². The lowest BCUT2D eigenvalue weighted by atomic mass is 9.94. The van der Waals surface area contributed by atoms with Crippen LogP contribution in [0.5, 0.6) is 0 Å². The zero-order valence-electron chi connectivity index (χ0n) is 48.7. The third kappa shape index (κ3) is 7.68. The molecule has 5 heteroatoms. The summed E-state index contributed by atoms with van der Waals surface area (Å²) in [6.07, 6.45) is 13.7. The highest BCUT2D eigenvalue weighted by Gasteiger charge is 2.23. The van der Waals surface area contributed by atoms with Crippen molar-refractivity contribution in [3.63, 3.8) is 0 Å². The number of rotatable bonds is 8. The third-order valence-corrected chi connectivity index (χ3v) is 19.3. The Kier molecular flexibility index (Phi) is 11.0. The van der Waals surface area contributed by atoms with Gasteiger partial charge in [0.1, 0.15) is 11.2 Å². The maximum Gasteiger partial charge on any atom is 0.143 e. The largest absolute Gasteiger partial charge is 0.455 e. The smallest absolute Gasteiger partial charge is 0.143 e. The van der Waals surface area contributed by atoms with Gasteiger partial charge >= 0.3 is 0 Å². The highest BCUT2D eigenvalue weighted by molar-refractivity contribution is 6.15. The van der Waals surface area contributed by atoms with Crippen LogP contribution in [0.15, 0.2) is 290 Å². The fourth-order valence-electron chi connectivity index (χ4n) is 15.3. The summed E-state index contributed by atoms with van der Waals surface area (Å²) in [6, 6.07) is 98.3. The Morgan fingerprint density at radius 1 is 0.303 bits per heavy atom. The molecular weight excluding hydrogens is 1080 g/mol. The minimum atomic E-state index is 0.867. The SMILES string of the molecule is C1=Cc2c(c3ccccc3n2C2=CCCC(c3ccc4c(c3)c3ccccc3n4-c3ccc4oc5c(-c6ccc7c8ccccc8n(-c8cccc(-c9cccc(-c%10ccc%11c(c%10)c%10ccccc%10n%11-c%10ccccc%10)c9)c8)c7c6)cccc5c4c3)=C2)CC1. The standard InChI is InChI=1S/C84H56N4O/c1-2-22-60(23-3-1)85-78-36-12-7-29-68(78)72-49-57(39-43-80(72)85)54-19-14-18-53(46-54)55-20-15-25-62(47-55)88-77-35-11-6-28-67(77)70-42-38-59(51-82(70)88)64-31-17-32-71-74-52-63(41-45-83(74)89-84(64)71)87-79-37-13-8-30-69(79)73-50-58(40-44-81(73)87)56-21-16-24-61(48-56)86-75-33-9-4-26-65(75)66-27-5-10-34-76(66)86/h1-4,6-15,17-20,22-26,28-52H,5,16,21,27H2. The Morgan fingerprint density at radius 2 is 0.843 bits per heavy atom. The zero-order valence-corrected chi connectivity index (χ0v) is 48.7. The molecular formula is C84H56N4O. The Balaban J connectivity index is 0.677. The average Bonchev–Trinajstić information content (AvgIpc) is 1.73. The summed E-state index contributed by atoms with van der Waals surface area (Å²) in [5, 5.41) is 11.0. The molecule has 0 bridgehead atoms. The number of aryl methyl sites for hydroxylation is 1. The number of benzene rings is 12. The summed E-state index contributed by atoms with van der Waals surface area (Å²) in [4.78, 5) is 0. The predicted octanol–water partition coefficient (Wildman–Crippen LogP) is 22.5. The number of hydrogen-bond acceptors (Lipinski definition) is 1. The summed E-state index contributed by atoms with van der Waals surface area (Å²) in [6.45, 7) is 0. The zero-order chi connectivity index (χ0) is 58.3. The van der Waals surface area contributed by atoms with Crippen molar-refractivity contribution in [3.05, 3.63) is 302 Å². The molecule has 0 unspecified atom stereocenters. The van der Waals surface area contributed by atoms with E-state index in [1.165, 1.54) is 116 Å². The van der Waals surface area contributed by atoms with Crippen molar-refractivity contribution in [2.75, 3.05) is 0 Å². The van der Waals surface area contributed by atoms with E-state index in [0.29, 0.717) is 0 Å². The second kappa shape index (κ2) is 19.6. The van der Waals surface area contributed by atoms with Gasteiger partial charge in [0.15, 0.2) is 0 Å². The molecule has 5 heterocycles. The maximum absolute atomic E-state index is 6.98. The van der Waals surface area contributed by atoms with Gasteiger partial charge in [-0.2, -0.15) is 0 Å². The van der Waals surface area contributed by atoms with Crippen LogP contribution in [0.4, 0.5) is 0 Å². The number of aromatic nitrogens is 4. The lowest BCUT2D eigenvalue weighted by Crippen LogP contribution is -2.04. The Bertz CT molecular complexity index is 5930. The van der Waals surface area contributed by atoms with Crippen LogP contribution in [0.2, 0.25) is 0 Å². The molecule has 0 radical (unpaired) electrons. The molecule has 12 aromatic carbocycles. The monoisotopic (exact) mass is 1140 g/mol. The number of fused-ring (bicyclic) bond motifs is 15. The summed E-state index contributed by atoms with van der Waals surface area (Å²) >= 11 is 0. The summed E-state index contributed by atoms with van der Waals surface area (Å²) in [5.41, 5.74) is 27.1. The first-order chi connectivity index (χ1) is 44.1. The average molecular weight is 1140 g/mol. The van der Waals surface area contributed by atoms with Crippen molar-refractivity contribution < 1.29 is 4.42 Å². The normalized spacial score (nSPS) is 13.5. The molecule has 0 saturated carbocycles. The molecule has 2 aliphatic carbocycles. The molecule has 0 saturated heterocycles. The maximum atomic E-state index is 6.98. The topological polar surface area (TPSA) is 32.9 Å². The number of furan rings is 1. The minimum absolute atomic E-state index is 0.867. The molecule has 89 heavy (non-hydrogen) atoms. The lowest BCUT2D eigenvalue weighted by molar-refractivity contribution is 0.670. The number of hydrogen-bond donors (Lipinski definition) is 0. The second-order valence-electron chi connectivity index (χ2n) is 24.2. The molecule has 0 aliphatic heterocycles. The molecule has 0 spiro atoms. The minimum Gasteiger partial charge on any atom is -0.455 e. The van der Waals surface area contributed by atoms with Crippen molar-refractivity contribution in [1.29, 1.82) is 0 Å². The molecule has 0 amide bonds. The molecule has 5 aromatic heterocycles. The quantitative estimate of drug-likeness (QED) is 0.149. The summed E-state index contributed by atoms with van der Waals surface area (Å²) in [5.74, 6) is 0. The first-order valence-corrected chi connectivity index (χ1v) is 31.2. The molecule has 5 nitrogen and oxygen atoms in total. The van der Waals surface area contributed by atoms with E-state index in [2.05, 4.69) is 309 Å². The van der Waals surface area contributed by atoms with Gasteiger partial charge in [-0.25, -0.2) is 0 Å². The van der Waals surface area contributed by atoms with Gasteiger partial charge in [-0.1, -0.05) is 176 Å². The van der Waals surface area contributed by atoms with Gasteiger partial charge in [-0.15, -0.1) is 0 Å². The Labute approximate surface area is 513 Å². The van der Waals surface area contributed by atoms with Gasteiger partial charge in [0.25, 0.3) is 0 Å². The van der Waals surface area contributed by atoms with Crippen LogP contribution >= 0.6 is 0 Å². The molecule has 0 atom stereocenters. The van der Waals surface area contributed by atoms with Crippen LogP contribution in [-0.4, -0.2) is 18.3 Å². The number of para-hydroxylation sites is 6. The summed E-state index contributed by atoms with van der Waals surface area (Å²) < 4.78 is 16.7. The van der Waals surface area contributed by atoms with E-state index in [4.69, 9.17) is 4.42 Å². The van der Waals surface area contributed by atoms with Crippen molar-refractivity contribution in [1.82, 2.24) is 18.3 Å². The Hall–Kier alpha value is -11.4. The molecule has 0 N–H and O–H groups in total. The fourth-order valence-corrected chi connectivity index (χ4v) is 15.3. The van der Waals surface area contributed by atoms with Crippen LogP contribution in [0.3, 0.4) is 0 Å². The van der Waals surface area contributed by atoms with Crippen LogP contribution in [0.25, 0.3) is 166 Å². The van der Waals surface area contributed by atoms with E-state index in [1.54, 1.807) is 0 Å². The number of nitrogens with zero attached hydrogens (tertiary/aromatic N) is 4. The van der Waals surface area contributed by atoms with E-state index in [9.17, 15) is 0 Å². The molecule has 0 fully saturated rings. The van der Waals surface area contributed by atoms with E-state index in [-0.39, 0.29) is 0 Å². The van der Waals surface area contributed by atoms with E-state index in [1.807, 2.05) is 0 Å². The number of allylic oxidation sites excluding steroid dienone is 5. The van der Waals surface area contributed by atoms with Crippen molar-refractivity contribution in [2.45, 2.75) is 25.7 Å². The van der Waals surface area contributed by atoms with Crippen LogP contribution in [0, 0.1) is 0 Å². The lowest BCUT2D eigenvalue weighted by Gasteiger charge is -2.19. The first kappa shape index (κ1) is 49.8. The van der Waals surface area contributed by atoms with Gasteiger partial charge in [0.2, 0.25) is 0 Å². The fraction of sp³-hybridized carbons (Fsp3) is 0.0476. The van der Waals surface area contributed by atoms with Gasteiger partial charge in [-0.05, 0) is 185 Å². The third-order valence-electron chi connectivity index (χ3n) is 19.3. The van der Waals surface area contributed by atoms with Crippen LogP contribution < -0.4 is 0 Å². The van der Waals surface area contributed by atoms with Gasteiger partial charge < -0.3 is 22.7 Å². The Morgan fingerprint density at radius 3 is 1.60 bits per heavy atom. The van der Waals surface area contributed by atoms with Crippen molar-refractivity contribution >= 4 is 116 Å². The molecule has 19 rings (SSSR count). The second-order valence-corrected chi connectivity index (χ2v) is 24.2. The van der Waals surface area contributed by atoms with Gasteiger partial charge in [-0.3, -0.25) is 0 Å². The highest BCUT2D eigenvalue weighted by Crippen LogP contribution is 2.44. The molecule has 418 valence electrons. The van der Waals surface area contributed by atoms with E-state index in [0.717, 1.165) is 86.9 Å². The van der Waals surface area contributed by atoms with Crippen LogP contribution in [0.1, 0.15) is 36.1 Å². The van der Waals surface area contributed by atoms with Crippen molar-refractivity contribution in [3.8, 4) is 50.4 Å². The predicted molar refractivity (Wildman–Crippen MR) is 374 cm³/mol. The van der Waals surface area contributed by atoms with E-state index < -0.39 is 0 Å².